The topological polar surface area (TPSA) is 72.6 Å². The molecule has 4 bridgehead atoms. The molecule has 7 atom stereocenters. The maximum absolute atomic E-state index is 13.8. The van der Waals surface area contributed by atoms with E-state index in [4.69, 9.17) is 19.0 Å². The number of anilines is 1. The third-order valence-electron chi connectivity index (χ3n) is 8.03. The summed E-state index contributed by atoms with van der Waals surface area (Å²) in [5, 5.41) is 5.14. The summed E-state index contributed by atoms with van der Waals surface area (Å²) in [5.41, 5.74) is 0.933. The van der Waals surface area contributed by atoms with Crippen LogP contribution in [0.25, 0.3) is 0 Å². The summed E-state index contributed by atoms with van der Waals surface area (Å²) in [5.74, 6) is 1.48. The summed E-state index contributed by atoms with van der Waals surface area (Å²) in [7, 11) is 3.17. The van der Waals surface area contributed by atoms with Crippen molar-refractivity contribution in [1.29, 1.82) is 0 Å². The Bertz CT molecular complexity index is 861. The Labute approximate surface area is 164 Å². The number of benzene rings is 1. The summed E-state index contributed by atoms with van der Waals surface area (Å²) in [6.07, 6.45) is 1.67. The molecule has 6 aliphatic rings. The highest BCUT2D eigenvalue weighted by atomic mass is 16.7. The Morgan fingerprint density at radius 1 is 1.32 bits per heavy atom. The molecule has 4 saturated heterocycles. The molecular formula is C21H26N2O5. The predicted molar refractivity (Wildman–Crippen MR) is 100 cm³/mol. The van der Waals surface area contributed by atoms with Crippen molar-refractivity contribution in [3.05, 3.63) is 23.8 Å². The highest BCUT2D eigenvalue weighted by molar-refractivity contribution is 6.07. The second kappa shape index (κ2) is 5.48. The van der Waals surface area contributed by atoms with Crippen LogP contribution in [-0.4, -0.2) is 57.1 Å². The van der Waals surface area contributed by atoms with Crippen LogP contribution < -0.4 is 15.1 Å². The lowest BCUT2D eigenvalue weighted by atomic mass is 9.70. The number of piperidine rings is 1. The maximum Gasteiger partial charge on any atom is 0.264 e. The summed E-state index contributed by atoms with van der Waals surface area (Å²) < 4.78 is 17.9. The molecule has 28 heavy (non-hydrogen) atoms. The van der Waals surface area contributed by atoms with Gasteiger partial charge in [-0.1, -0.05) is 6.07 Å². The van der Waals surface area contributed by atoms with E-state index in [1.54, 1.807) is 14.2 Å². The van der Waals surface area contributed by atoms with Gasteiger partial charge in [0.05, 0.1) is 38.7 Å². The number of nitrogens with zero attached hydrogens (tertiary/aromatic N) is 1. The van der Waals surface area contributed by atoms with Crippen LogP contribution in [0.5, 0.6) is 5.75 Å². The molecule has 5 heterocycles. The highest BCUT2D eigenvalue weighted by Crippen LogP contribution is 2.60. The number of amides is 1. The highest BCUT2D eigenvalue weighted by Gasteiger charge is 2.70. The average molecular weight is 386 g/mol. The second-order valence-corrected chi connectivity index (χ2v) is 8.87. The zero-order valence-electron chi connectivity index (χ0n) is 16.4. The largest absolute Gasteiger partial charge is 0.497 e. The monoisotopic (exact) mass is 386 g/mol. The van der Waals surface area contributed by atoms with Gasteiger partial charge in [0.15, 0.2) is 0 Å². The van der Waals surface area contributed by atoms with E-state index in [1.165, 1.54) is 5.06 Å². The van der Waals surface area contributed by atoms with Crippen molar-refractivity contribution in [1.82, 2.24) is 5.32 Å². The van der Waals surface area contributed by atoms with E-state index in [9.17, 15) is 4.79 Å². The quantitative estimate of drug-likeness (QED) is 0.775. The molecule has 0 radical (unpaired) electrons. The van der Waals surface area contributed by atoms with Crippen LogP contribution in [0.1, 0.15) is 25.3 Å². The average Bonchev–Trinajstić information content (AvgIpc) is 3.36. The smallest absolute Gasteiger partial charge is 0.264 e. The molecule has 0 unspecified atom stereocenters. The van der Waals surface area contributed by atoms with E-state index in [2.05, 4.69) is 12.2 Å². The maximum atomic E-state index is 13.8. The van der Waals surface area contributed by atoms with Gasteiger partial charge in [-0.25, -0.2) is 0 Å². The van der Waals surface area contributed by atoms with E-state index in [0.717, 1.165) is 30.6 Å². The molecule has 1 N–H and O–H groups in total. The van der Waals surface area contributed by atoms with Gasteiger partial charge in [0.2, 0.25) is 0 Å². The lowest BCUT2D eigenvalue weighted by molar-refractivity contribution is -0.139. The van der Waals surface area contributed by atoms with Crippen molar-refractivity contribution in [3.8, 4) is 5.75 Å². The molecule has 1 saturated carbocycles. The summed E-state index contributed by atoms with van der Waals surface area (Å²) in [4.78, 5) is 19.3. The van der Waals surface area contributed by atoms with Crippen LogP contribution in [-0.2, 0) is 24.5 Å². The Morgan fingerprint density at radius 3 is 2.86 bits per heavy atom. The molecule has 1 aromatic carbocycles. The molecular weight excluding hydrogens is 360 g/mol. The molecule has 0 aromatic heterocycles. The molecule has 1 aromatic rings. The van der Waals surface area contributed by atoms with Crippen LogP contribution in [0.15, 0.2) is 18.2 Å². The SMILES string of the molecule is COc1ccc2c(c1)N(OC)C(=O)[C@@]21C[C@@H]2NC[C@@]3(O[C@@H]3C)[C@@H]3C[C@@H]1OC[C@H]23. The van der Waals surface area contributed by atoms with Crippen LogP contribution in [0, 0.1) is 11.8 Å². The minimum Gasteiger partial charge on any atom is -0.497 e. The minimum absolute atomic E-state index is 0.0305. The summed E-state index contributed by atoms with van der Waals surface area (Å²) in [6.45, 7) is 3.70. The molecule has 1 amide bonds. The first kappa shape index (κ1) is 17.2. The number of hydroxylamine groups is 1. The fourth-order valence-electron chi connectivity index (χ4n) is 6.54. The van der Waals surface area contributed by atoms with Gasteiger partial charge < -0.3 is 19.5 Å². The minimum atomic E-state index is -0.734. The zero-order chi connectivity index (χ0) is 19.3. The molecule has 7 heteroatoms. The van der Waals surface area contributed by atoms with Crippen molar-refractivity contribution in [3.63, 3.8) is 0 Å². The van der Waals surface area contributed by atoms with Crippen LogP contribution in [0.3, 0.4) is 0 Å². The lowest BCUT2D eigenvalue weighted by Crippen LogP contribution is -2.58. The van der Waals surface area contributed by atoms with Gasteiger partial charge in [-0.15, -0.1) is 0 Å². The van der Waals surface area contributed by atoms with E-state index in [-0.39, 0.29) is 29.8 Å². The number of nitrogens with one attached hydrogen (secondary N) is 1. The van der Waals surface area contributed by atoms with Crippen molar-refractivity contribution in [2.75, 3.05) is 32.4 Å². The zero-order valence-corrected chi connectivity index (χ0v) is 16.4. The lowest BCUT2D eigenvalue weighted by Gasteiger charge is -2.44. The third kappa shape index (κ3) is 1.86. The number of carbonyl (C=O) groups excluding carboxylic acids is 1. The van der Waals surface area contributed by atoms with Gasteiger partial charge in [-0.05, 0) is 31.4 Å². The first-order valence-corrected chi connectivity index (χ1v) is 10.1. The summed E-state index contributed by atoms with van der Waals surface area (Å²) in [6, 6.07) is 6.06. The van der Waals surface area contributed by atoms with Crippen LogP contribution >= 0.6 is 0 Å². The molecule has 5 fully saturated rings. The van der Waals surface area contributed by atoms with E-state index in [0.29, 0.717) is 24.2 Å². The van der Waals surface area contributed by atoms with Crippen molar-refractivity contribution in [2.45, 2.75) is 49.0 Å². The Kier molecular flexibility index (Phi) is 3.37. The van der Waals surface area contributed by atoms with Gasteiger partial charge in [-0.2, -0.15) is 5.06 Å². The van der Waals surface area contributed by atoms with Gasteiger partial charge in [-0.3, -0.25) is 9.63 Å². The fraction of sp³-hybridized carbons (Fsp3) is 0.667. The normalized spacial score (nSPS) is 45.5. The number of ether oxygens (including phenoxy) is 3. The van der Waals surface area contributed by atoms with Gasteiger partial charge in [0.25, 0.3) is 5.91 Å². The van der Waals surface area contributed by atoms with Gasteiger partial charge >= 0.3 is 0 Å². The van der Waals surface area contributed by atoms with Crippen molar-refractivity contribution >= 4 is 11.6 Å². The number of hydrogen-bond acceptors (Lipinski definition) is 6. The molecule has 2 spiro atoms. The molecule has 150 valence electrons. The number of carbonyl (C=O) groups is 1. The molecule has 1 aliphatic carbocycles. The summed E-state index contributed by atoms with van der Waals surface area (Å²) >= 11 is 0. The number of fused-ring (bicyclic) bond motifs is 2. The Balaban J connectivity index is 1.50. The van der Waals surface area contributed by atoms with E-state index in [1.807, 2.05) is 18.2 Å². The first-order chi connectivity index (χ1) is 13.5. The van der Waals surface area contributed by atoms with Gasteiger partial charge in [0.1, 0.15) is 16.8 Å². The van der Waals surface area contributed by atoms with Crippen molar-refractivity contribution in [2.24, 2.45) is 11.8 Å². The first-order valence-electron chi connectivity index (χ1n) is 10.1. The third-order valence-corrected chi connectivity index (χ3v) is 8.03. The molecule has 7 nitrogen and oxygen atoms in total. The van der Waals surface area contributed by atoms with Crippen LogP contribution in [0.4, 0.5) is 5.69 Å². The number of hydrogen-bond donors (Lipinski definition) is 1. The van der Waals surface area contributed by atoms with E-state index >= 15 is 0 Å². The number of epoxide rings is 1. The van der Waals surface area contributed by atoms with E-state index < -0.39 is 5.41 Å². The number of rotatable bonds is 2. The van der Waals surface area contributed by atoms with Crippen LogP contribution in [0.2, 0.25) is 0 Å². The Hall–Kier alpha value is -1.67. The standard InChI is InChI=1S/C21H26N2O5/c1-11-21(28-11)10-22-16-8-20(18-7-15(21)13(16)9-27-18)14-5-4-12(25-2)6-17(14)23(26-3)19(20)24/h4-6,11,13,15-16,18,22H,7-10H2,1-3H3/t11-,13+,15-,16+,18+,20+,21+/m1/s1. The molecule has 7 rings (SSSR count). The molecule has 5 aliphatic heterocycles. The van der Waals surface area contributed by atoms with Crippen molar-refractivity contribution < 1.29 is 23.8 Å². The Morgan fingerprint density at radius 2 is 2.14 bits per heavy atom. The predicted octanol–water partition coefficient (Wildman–Crippen LogP) is 1.40. The van der Waals surface area contributed by atoms with Gasteiger partial charge in [0, 0.05) is 30.5 Å². The fourth-order valence-corrected chi connectivity index (χ4v) is 6.54. The number of methoxy groups -OCH3 is 1. The second-order valence-electron chi connectivity index (χ2n) is 8.87.